The molecule has 0 fully saturated rings. The van der Waals surface area contributed by atoms with E-state index in [9.17, 15) is 4.79 Å². The van der Waals surface area contributed by atoms with Gasteiger partial charge in [-0.3, -0.25) is 4.79 Å². The monoisotopic (exact) mass is 357 g/mol. The Labute approximate surface area is 150 Å². The summed E-state index contributed by atoms with van der Waals surface area (Å²) in [6, 6.07) is 20.7. The SMILES string of the molecule is O=C(COc1cccc(Cl)c1)N(Cc1cccs1)c1ccccc1. The molecule has 0 spiro atoms. The third-order valence-electron chi connectivity index (χ3n) is 3.42. The van der Waals surface area contributed by atoms with Gasteiger partial charge in [-0.25, -0.2) is 0 Å². The summed E-state index contributed by atoms with van der Waals surface area (Å²) < 4.78 is 5.60. The van der Waals surface area contributed by atoms with Crippen LogP contribution in [0.5, 0.6) is 5.75 Å². The number of hydrogen-bond donors (Lipinski definition) is 0. The van der Waals surface area contributed by atoms with Crippen molar-refractivity contribution in [1.82, 2.24) is 0 Å². The van der Waals surface area contributed by atoms with Gasteiger partial charge in [0, 0.05) is 15.6 Å². The second-order valence-electron chi connectivity index (χ2n) is 5.14. The molecule has 0 bridgehead atoms. The van der Waals surface area contributed by atoms with Gasteiger partial charge in [0.15, 0.2) is 6.61 Å². The second-order valence-corrected chi connectivity index (χ2v) is 6.61. The van der Waals surface area contributed by atoms with Crippen molar-refractivity contribution in [3.05, 3.63) is 82.0 Å². The van der Waals surface area contributed by atoms with Gasteiger partial charge in [0.2, 0.25) is 0 Å². The van der Waals surface area contributed by atoms with Crippen LogP contribution in [-0.2, 0) is 11.3 Å². The summed E-state index contributed by atoms with van der Waals surface area (Å²) in [5, 5.41) is 2.59. The van der Waals surface area contributed by atoms with Gasteiger partial charge in [0.25, 0.3) is 5.91 Å². The highest BCUT2D eigenvalue weighted by atomic mass is 35.5. The fourth-order valence-electron chi connectivity index (χ4n) is 2.27. The zero-order chi connectivity index (χ0) is 16.8. The van der Waals surface area contributed by atoms with Crippen LogP contribution in [0.1, 0.15) is 4.88 Å². The van der Waals surface area contributed by atoms with Gasteiger partial charge >= 0.3 is 0 Å². The van der Waals surface area contributed by atoms with Crippen molar-refractivity contribution in [3.63, 3.8) is 0 Å². The number of anilines is 1. The van der Waals surface area contributed by atoms with Crippen LogP contribution in [0.3, 0.4) is 0 Å². The first-order valence-corrected chi connectivity index (χ1v) is 8.74. The summed E-state index contributed by atoms with van der Waals surface area (Å²) in [5.74, 6) is 0.481. The van der Waals surface area contributed by atoms with Gasteiger partial charge in [0.1, 0.15) is 5.75 Å². The quantitative estimate of drug-likeness (QED) is 0.620. The maximum atomic E-state index is 12.7. The van der Waals surface area contributed by atoms with Crippen LogP contribution in [-0.4, -0.2) is 12.5 Å². The molecule has 0 aliphatic heterocycles. The Kier molecular flexibility index (Phi) is 5.51. The molecular formula is C19H16ClNO2S. The molecule has 0 atom stereocenters. The first-order chi connectivity index (χ1) is 11.7. The molecule has 1 amide bonds. The molecule has 0 aliphatic rings. The molecule has 3 aromatic rings. The lowest BCUT2D eigenvalue weighted by Crippen LogP contribution is -2.34. The Morgan fingerprint density at radius 2 is 1.88 bits per heavy atom. The summed E-state index contributed by atoms with van der Waals surface area (Å²) >= 11 is 7.57. The minimum absolute atomic E-state index is 0.0411. The van der Waals surface area contributed by atoms with Crippen LogP contribution < -0.4 is 9.64 Å². The number of carbonyl (C=O) groups is 1. The van der Waals surface area contributed by atoms with Crippen LogP contribution in [0, 0.1) is 0 Å². The van der Waals surface area contributed by atoms with E-state index >= 15 is 0 Å². The average Bonchev–Trinajstić information content (AvgIpc) is 3.12. The second kappa shape index (κ2) is 7.99. The number of amides is 1. The molecule has 2 aromatic carbocycles. The van der Waals surface area contributed by atoms with E-state index in [1.54, 1.807) is 40.5 Å². The van der Waals surface area contributed by atoms with Gasteiger partial charge in [-0.2, -0.15) is 0 Å². The average molecular weight is 358 g/mol. The molecule has 1 aromatic heterocycles. The number of para-hydroxylation sites is 1. The lowest BCUT2D eigenvalue weighted by molar-refractivity contribution is -0.120. The molecule has 122 valence electrons. The summed E-state index contributed by atoms with van der Waals surface area (Å²) in [6.45, 7) is 0.486. The molecule has 0 unspecified atom stereocenters. The van der Waals surface area contributed by atoms with Crippen LogP contribution in [0.2, 0.25) is 5.02 Å². The van der Waals surface area contributed by atoms with Gasteiger partial charge in [-0.1, -0.05) is 41.9 Å². The van der Waals surface area contributed by atoms with Crippen molar-refractivity contribution in [1.29, 1.82) is 0 Å². The summed E-state index contributed by atoms with van der Waals surface area (Å²) in [5.41, 5.74) is 0.852. The van der Waals surface area contributed by atoms with Gasteiger partial charge in [-0.15, -0.1) is 11.3 Å². The minimum atomic E-state index is -0.102. The van der Waals surface area contributed by atoms with E-state index in [2.05, 4.69) is 0 Å². The number of thiophene rings is 1. The first kappa shape index (κ1) is 16.6. The Morgan fingerprint density at radius 1 is 1.04 bits per heavy atom. The fourth-order valence-corrected chi connectivity index (χ4v) is 3.14. The van der Waals surface area contributed by atoms with E-state index in [4.69, 9.17) is 16.3 Å². The molecule has 0 aliphatic carbocycles. The Hall–Kier alpha value is -2.30. The van der Waals surface area contributed by atoms with E-state index in [-0.39, 0.29) is 12.5 Å². The maximum absolute atomic E-state index is 12.7. The number of hydrogen-bond acceptors (Lipinski definition) is 3. The Morgan fingerprint density at radius 3 is 2.58 bits per heavy atom. The lowest BCUT2D eigenvalue weighted by atomic mass is 10.2. The number of ether oxygens (including phenoxy) is 1. The maximum Gasteiger partial charge on any atom is 0.265 e. The molecule has 0 saturated heterocycles. The van der Waals surface area contributed by atoms with Crippen molar-refractivity contribution in [3.8, 4) is 5.75 Å². The molecule has 1 heterocycles. The van der Waals surface area contributed by atoms with Crippen LogP contribution in [0.15, 0.2) is 72.1 Å². The van der Waals surface area contributed by atoms with Crippen molar-refractivity contribution in [2.45, 2.75) is 6.54 Å². The van der Waals surface area contributed by atoms with E-state index in [1.807, 2.05) is 47.8 Å². The summed E-state index contributed by atoms with van der Waals surface area (Å²) in [4.78, 5) is 15.6. The zero-order valence-electron chi connectivity index (χ0n) is 12.9. The van der Waals surface area contributed by atoms with Crippen molar-refractivity contribution in [2.24, 2.45) is 0 Å². The van der Waals surface area contributed by atoms with Gasteiger partial charge in [-0.05, 0) is 41.8 Å². The third-order valence-corrected chi connectivity index (χ3v) is 4.52. The third kappa shape index (κ3) is 4.37. The highest BCUT2D eigenvalue weighted by molar-refractivity contribution is 7.09. The van der Waals surface area contributed by atoms with E-state index in [1.165, 1.54) is 0 Å². The van der Waals surface area contributed by atoms with Crippen molar-refractivity contribution in [2.75, 3.05) is 11.5 Å². The summed E-state index contributed by atoms with van der Waals surface area (Å²) in [7, 11) is 0. The molecule has 24 heavy (non-hydrogen) atoms. The highest BCUT2D eigenvalue weighted by Crippen LogP contribution is 2.21. The molecule has 0 saturated carbocycles. The standard InChI is InChI=1S/C19H16ClNO2S/c20-15-6-4-9-17(12-15)23-14-19(22)21(13-18-10-5-11-24-18)16-7-2-1-3-8-16/h1-12H,13-14H2. The van der Waals surface area contributed by atoms with E-state index < -0.39 is 0 Å². The molecule has 5 heteroatoms. The predicted octanol–water partition coefficient (Wildman–Crippen LogP) is 5.01. The number of halogens is 1. The fraction of sp³-hybridized carbons (Fsp3) is 0.105. The minimum Gasteiger partial charge on any atom is -0.484 e. The normalized spacial score (nSPS) is 10.4. The predicted molar refractivity (Wildman–Crippen MR) is 98.9 cm³/mol. The van der Waals surface area contributed by atoms with E-state index in [0.29, 0.717) is 17.3 Å². The van der Waals surface area contributed by atoms with Gasteiger partial charge in [0.05, 0.1) is 6.54 Å². The molecule has 0 radical (unpaired) electrons. The number of nitrogens with zero attached hydrogens (tertiary/aromatic N) is 1. The largest absolute Gasteiger partial charge is 0.484 e. The Balaban J connectivity index is 1.73. The summed E-state index contributed by atoms with van der Waals surface area (Å²) in [6.07, 6.45) is 0. The number of benzene rings is 2. The van der Waals surface area contributed by atoms with Crippen molar-refractivity contribution < 1.29 is 9.53 Å². The van der Waals surface area contributed by atoms with Crippen LogP contribution in [0.25, 0.3) is 0 Å². The molecule has 3 nitrogen and oxygen atoms in total. The smallest absolute Gasteiger partial charge is 0.265 e. The first-order valence-electron chi connectivity index (χ1n) is 7.48. The van der Waals surface area contributed by atoms with Gasteiger partial charge < -0.3 is 9.64 Å². The topological polar surface area (TPSA) is 29.5 Å². The zero-order valence-corrected chi connectivity index (χ0v) is 14.5. The lowest BCUT2D eigenvalue weighted by Gasteiger charge is -2.22. The molecular weight excluding hydrogens is 342 g/mol. The van der Waals surface area contributed by atoms with Crippen LogP contribution in [0.4, 0.5) is 5.69 Å². The van der Waals surface area contributed by atoms with Crippen molar-refractivity contribution >= 4 is 34.5 Å². The molecule has 0 N–H and O–H groups in total. The molecule has 3 rings (SSSR count). The Bertz CT molecular complexity index is 790. The van der Waals surface area contributed by atoms with Crippen LogP contribution >= 0.6 is 22.9 Å². The number of rotatable bonds is 6. The number of carbonyl (C=O) groups excluding carboxylic acids is 1. The van der Waals surface area contributed by atoms with E-state index in [0.717, 1.165) is 10.6 Å². The highest BCUT2D eigenvalue weighted by Gasteiger charge is 2.17.